The molecule has 234 valence electrons. The van der Waals surface area contributed by atoms with Crippen molar-refractivity contribution >= 4 is 46.1 Å². The smallest absolute Gasteiger partial charge is 0.274 e. The van der Waals surface area contributed by atoms with Gasteiger partial charge in [-0.2, -0.15) is 5.26 Å². The Labute approximate surface area is 265 Å². The molecule has 14 heteroatoms. The zero-order valence-electron chi connectivity index (χ0n) is 25.0. The summed E-state index contributed by atoms with van der Waals surface area (Å²) in [7, 11) is 5.83. The number of non-ortho nitro benzene ring substituents is 1. The molecule has 0 aliphatic carbocycles. The number of fused-ring (bicyclic) bond motifs is 1. The van der Waals surface area contributed by atoms with Gasteiger partial charge in [0.15, 0.2) is 23.0 Å². The van der Waals surface area contributed by atoms with Gasteiger partial charge in [-0.15, -0.1) is 11.3 Å². The van der Waals surface area contributed by atoms with Gasteiger partial charge in [0.05, 0.1) is 61.0 Å². The van der Waals surface area contributed by atoms with Crippen LogP contribution in [0.2, 0.25) is 0 Å². The van der Waals surface area contributed by atoms with E-state index in [1.165, 1.54) is 52.7 Å². The number of nitrogens with zero attached hydrogens (tertiary/aromatic N) is 3. The van der Waals surface area contributed by atoms with Gasteiger partial charge in [-0.05, 0) is 24.3 Å². The first-order valence-corrected chi connectivity index (χ1v) is 14.4. The molecular formula is C32H27N5O8S. The van der Waals surface area contributed by atoms with Crippen molar-refractivity contribution in [2.75, 3.05) is 33.8 Å². The number of hydrogen-bond donors (Lipinski definition) is 2. The van der Waals surface area contributed by atoms with E-state index in [1.807, 2.05) is 0 Å². The van der Waals surface area contributed by atoms with Crippen LogP contribution in [0.1, 0.15) is 17.0 Å². The van der Waals surface area contributed by atoms with Crippen LogP contribution in [0, 0.1) is 21.4 Å². The van der Waals surface area contributed by atoms with E-state index in [4.69, 9.17) is 24.7 Å². The average Bonchev–Trinajstić information content (AvgIpc) is 3.38. The highest BCUT2D eigenvalue weighted by molar-refractivity contribution is 7.07. The Morgan fingerprint density at radius 2 is 1.67 bits per heavy atom. The molecule has 1 aromatic heterocycles. The van der Waals surface area contributed by atoms with Crippen LogP contribution in [0.3, 0.4) is 0 Å². The lowest BCUT2D eigenvalue weighted by Crippen LogP contribution is -2.40. The summed E-state index contributed by atoms with van der Waals surface area (Å²) in [6.07, 6.45) is 1.58. The molecule has 13 nitrogen and oxygen atoms in total. The van der Waals surface area contributed by atoms with E-state index in [-0.39, 0.29) is 43.3 Å². The van der Waals surface area contributed by atoms with Crippen molar-refractivity contribution in [2.45, 2.75) is 5.92 Å². The largest absolute Gasteiger partial charge is 0.493 e. The van der Waals surface area contributed by atoms with E-state index in [9.17, 15) is 25.0 Å². The molecule has 0 saturated carbocycles. The van der Waals surface area contributed by atoms with Crippen LogP contribution in [0.25, 0.3) is 17.5 Å². The number of nitro benzene ring substituents is 1. The number of ether oxygens (including phenoxy) is 4. The zero-order valence-corrected chi connectivity index (χ0v) is 25.8. The lowest BCUT2D eigenvalue weighted by Gasteiger charge is -2.27. The Morgan fingerprint density at radius 1 is 1.02 bits per heavy atom. The molecule has 3 N–H and O–H groups in total. The van der Waals surface area contributed by atoms with Crippen molar-refractivity contribution in [2.24, 2.45) is 5.73 Å². The quantitative estimate of drug-likeness (QED) is 0.204. The summed E-state index contributed by atoms with van der Waals surface area (Å²) in [6.45, 7) is 0. The summed E-state index contributed by atoms with van der Waals surface area (Å²) in [5.74, 6) is -0.606. The number of carbonyl (C=O) groups is 1. The molecule has 0 saturated heterocycles. The number of aromatic nitrogens is 1. The Hall–Kier alpha value is -6.07. The summed E-state index contributed by atoms with van der Waals surface area (Å²) in [4.78, 5) is 39.0. The van der Waals surface area contributed by atoms with E-state index < -0.39 is 22.3 Å². The standard InChI is InChI=1S/C32H27N5O8S/c1-42-22-12-5-8-17(27(22)44-3)14-24-31(39)36-29(34)21(16-33)25(20-11-7-13-23(43-2)28(20)45-4)26(32(36)46-24)30(38)35-18-9-6-10-19(15-18)37(40)41/h5-15,25H,34H2,1-4H3,(H,35,38)/b24-14-. The predicted octanol–water partition coefficient (Wildman–Crippen LogP) is 2.92. The molecular weight excluding hydrogens is 614 g/mol. The number of nitrogens with two attached hydrogens (primary N) is 1. The number of carbonyl (C=O) groups excluding carboxylic acids is 1. The fraction of sp³-hybridized carbons (Fsp3) is 0.156. The molecule has 2 heterocycles. The number of anilines is 1. The number of allylic oxidation sites excluding steroid dienone is 1. The normalized spacial score (nSPS) is 14.3. The van der Waals surface area contributed by atoms with Gasteiger partial charge in [-0.1, -0.05) is 30.3 Å². The number of thiazole rings is 1. The molecule has 1 unspecified atom stereocenters. The van der Waals surface area contributed by atoms with Crippen molar-refractivity contribution < 1.29 is 28.7 Å². The van der Waals surface area contributed by atoms with Gasteiger partial charge in [-0.25, -0.2) is 0 Å². The lowest BCUT2D eigenvalue weighted by molar-refractivity contribution is -0.384. The highest BCUT2D eigenvalue weighted by Gasteiger charge is 2.38. The van der Waals surface area contributed by atoms with Gasteiger partial charge in [0.1, 0.15) is 10.5 Å². The minimum atomic E-state index is -1.12. The van der Waals surface area contributed by atoms with Crippen molar-refractivity contribution in [3.8, 4) is 29.1 Å². The third-order valence-corrected chi connectivity index (χ3v) is 8.40. The fourth-order valence-corrected chi connectivity index (χ4v) is 6.45. The van der Waals surface area contributed by atoms with Gasteiger partial charge < -0.3 is 30.0 Å². The van der Waals surface area contributed by atoms with E-state index in [0.717, 1.165) is 15.9 Å². The van der Waals surface area contributed by atoms with Crippen molar-refractivity contribution in [3.63, 3.8) is 0 Å². The van der Waals surface area contributed by atoms with Gasteiger partial charge in [0, 0.05) is 28.9 Å². The number of rotatable bonds is 9. The Bertz CT molecular complexity index is 2140. The highest BCUT2D eigenvalue weighted by atomic mass is 32.1. The Balaban J connectivity index is 1.86. The summed E-state index contributed by atoms with van der Waals surface area (Å²) < 4.78 is 23.5. The van der Waals surface area contributed by atoms with Crippen molar-refractivity contribution in [1.82, 2.24) is 4.57 Å². The lowest BCUT2D eigenvalue weighted by atomic mass is 9.82. The minimum absolute atomic E-state index is 0.0110. The molecule has 0 fully saturated rings. The molecule has 1 amide bonds. The molecule has 4 aromatic rings. The molecule has 0 spiro atoms. The summed E-state index contributed by atoms with van der Waals surface area (Å²) in [6, 6.07) is 17.6. The molecule has 46 heavy (non-hydrogen) atoms. The van der Waals surface area contributed by atoms with Crippen LogP contribution >= 0.6 is 11.3 Å². The van der Waals surface area contributed by atoms with Crippen LogP contribution in [-0.4, -0.2) is 43.8 Å². The van der Waals surface area contributed by atoms with Gasteiger partial charge in [0.2, 0.25) is 0 Å². The first-order chi connectivity index (χ1) is 22.2. The van der Waals surface area contributed by atoms with Crippen LogP contribution < -0.4 is 44.8 Å². The maximum Gasteiger partial charge on any atom is 0.274 e. The summed E-state index contributed by atoms with van der Waals surface area (Å²) in [5.41, 5.74) is 6.65. The van der Waals surface area contributed by atoms with Crippen LogP contribution in [-0.2, 0) is 4.79 Å². The molecule has 1 aliphatic rings. The number of nitro groups is 1. The van der Waals surface area contributed by atoms with E-state index >= 15 is 0 Å². The third kappa shape index (κ3) is 5.39. The first kappa shape index (κ1) is 31.4. The predicted molar refractivity (Wildman–Crippen MR) is 171 cm³/mol. The third-order valence-electron chi connectivity index (χ3n) is 7.29. The monoisotopic (exact) mass is 641 g/mol. The second kappa shape index (κ2) is 12.9. The molecule has 0 bridgehead atoms. The van der Waals surface area contributed by atoms with Crippen LogP contribution in [0.4, 0.5) is 11.4 Å². The van der Waals surface area contributed by atoms with Gasteiger partial charge in [-0.3, -0.25) is 24.3 Å². The van der Waals surface area contributed by atoms with Gasteiger partial charge in [0.25, 0.3) is 17.2 Å². The molecule has 1 atom stereocenters. The number of amides is 1. The maximum absolute atomic E-state index is 14.3. The SMILES string of the molecule is COc1cccc(/C=c2\sc3n(c2=O)C(N)=C(C#N)C(c2cccc(OC)c2OC)C=3C(=O)Nc2cccc([N+](=O)[O-])c2)c1OC. The molecule has 0 radical (unpaired) electrons. The van der Waals surface area contributed by atoms with Crippen LogP contribution in [0.15, 0.2) is 71.0 Å². The van der Waals surface area contributed by atoms with Crippen molar-refractivity contribution in [3.05, 3.63) is 107 Å². The number of hydrogen-bond acceptors (Lipinski definition) is 11. The number of nitriles is 1. The maximum atomic E-state index is 14.3. The highest BCUT2D eigenvalue weighted by Crippen LogP contribution is 2.44. The number of para-hydroxylation sites is 2. The second-order valence-electron chi connectivity index (χ2n) is 9.74. The number of methoxy groups -OCH3 is 4. The van der Waals surface area contributed by atoms with E-state index in [2.05, 4.69) is 11.4 Å². The molecule has 5 rings (SSSR count). The van der Waals surface area contributed by atoms with Crippen LogP contribution in [0.5, 0.6) is 23.0 Å². The minimum Gasteiger partial charge on any atom is -0.493 e. The Kier molecular flexibility index (Phi) is 8.78. The van der Waals surface area contributed by atoms with E-state index in [1.54, 1.807) is 42.5 Å². The topological polar surface area (TPSA) is 181 Å². The first-order valence-electron chi connectivity index (χ1n) is 13.5. The molecule has 1 aliphatic heterocycles. The average molecular weight is 642 g/mol. The zero-order chi connectivity index (χ0) is 33.1. The second-order valence-corrected chi connectivity index (χ2v) is 10.8. The Morgan fingerprint density at radius 3 is 2.30 bits per heavy atom. The summed E-state index contributed by atoms with van der Waals surface area (Å²) in [5, 5.41) is 24.5. The molecule has 3 aromatic carbocycles. The summed E-state index contributed by atoms with van der Waals surface area (Å²) >= 11 is 0.979. The number of benzene rings is 3. The van der Waals surface area contributed by atoms with Gasteiger partial charge >= 0.3 is 0 Å². The van der Waals surface area contributed by atoms with Crippen molar-refractivity contribution in [1.29, 1.82) is 5.26 Å². The van der Waals surface area contributed by atoms with E-state index in [0.29, 0.717) is 28.4 Å². The fourth-order valence-electron chi connectivity index (χ4n) is 5.28. The number of nitrogens with one attached hydrogen (secondary N) is 1.